The number of halogens is 1. The fourth-order valence-corrected chi connectivity index (χ4v) is 3.25. The Labute approximate surface area is 150 Å². The average Bonchev–Trinajstić information content (AvgIpc) is 2.87. The minimum Gasteiger partial charge on any atom is -0.494 e. The molecule has 0 amide bonds. The highest BCUT2D eigenvalue weighted by molar-refractivity contribution is 9.10. The number of imidazole rings is 1. The van der Waals surface area contributed by atoms with Gasteiger partial charge < -0.3 is 9.72 Å². The van der Waals surface area contributed by atoms with E-state index in [1.54, 1.807) is 30.5 Å². The van der Waals surface area contributed by atoms with Gasteiger partial charge in [-0.15, -0.1) is 0 Å². The highest BCUT2D eigenvalue weighted by atomic mass is 79.9. The molecule has 0 bridgehead atoms. The predicted molar refractivity (Wildman–Crippen MR) is 99.5 cm³/mol. The van der Waals surface area contributed by atoms with E-state index in [9.17, 15) is 9.59 Å². The van der Waals surface area contributed by atoms with Crippen LogP contribution < -0.4 is 16.0 Å². The van der Waals surface area contributed by atoms with Crippen LogP contribution in [0.5, 0.6) is 5.75 Å². The first kappa shape index (κ1) is 15.7. The topological polar surface area (TPSA) is 69.0 Å². The van der Waals surface area contributed by atoms with E-state index in [2.05, 4.69) is 20.9 Å². The van der Waals surface area contributed by atoms with Crippen LogP contribution in [0.2, 0.25) is 0 Å². The molecule has 0 unspecified atom stereocenters. The van der Waals surface area contributed by atoms with Crippen molar-refractivity contribution in [2.45, 2.75) is 6.92 Å². The Bertz CT molecular complexity index is 1160. The van der Waals surface area contributed by atoms with Crippen LogP contribution in [0.15, 0.2) is 62.7 Å². The number of hydrogen-bond donors (Lipinski definition) is 1. The van der Waals surface area contributed by atoms with Crippen molar-refractivity contribution >= 4 is 27.0 Å². The van der Waals surface area contributed by atoms with Crippen molar-refractivity contribution in [3.8, 4) is 17.1 Å². The average molecular weight is 400 g/mol. The number of fused-ring (bicyclic) bond motifs is 3. The van der Waals surface area contributed by atoms with Crippen molar-refractivity contribution < 1.29 is 4.74 Å². The fraction of sp³-hybridized carbons (Fsp3) is 0.111. The molecule has 6 nitrogen and oxygen atoms in total. The lowest BCUT2D eigenvalue weighted by Crippen LogP contribution is -2.25. The van der Waals surface area contributed by atoms with Gasteiger partial charge in [0.1, 0.15) is 11.4 Å². The molecule has 0 saturated heterocycles. The van der Waals surface area contributed by atoms with Crippen LogP contribution in [-0.2, 0) is 0 Å². The Hall–Kier alpha value is -2.80. The van der Waals surface area contributed by atoms with Crippen LogP contribution in [0, 0.1) is 0 Å². The van der Waals surface area contributed by atoms with Crippen LogP contribution in [0.25, 0.3) is 22.4 Å². The van der Waals surface area contributed by atoms with Crippen LogP contribution >= 0.6 is 15.9 Å². The van der Waals surface area contributed by atoms with Gasteiger partial charge in [-0.1, -0.05) is 15.9 Å². The molecule has 2 aromatic rings. The molecule has 7 heteroatoms. The number of rotatable bonds is 3. The fourth-order valence-electron chi connectivity index (χ4n) is 2.90. The SMILES string of the molecule is CCOc1ccc(-n2c(=O)c3c[nH]c4ccc(Br)cc4n-3c2=O)cc1. The van der Waals surface area contributed by atoms with Crippen LogP contribution in [0.4, 0.5) is 0 Å². The standard InChI is InChI=1S/C18H14BrN3O3/c1-2-25-13-6-4-12(5-7-13)21-17(23)16-10-20-14-8-3-11(19)9-15(14)22(16)18(21)24/h3-10,20H,2H2,1H3. The van der Waals surface area contributed by atoms with Gasteiger partial charge >= 0.3 is 5.69 Å². The summed E-state index contributed by atoms with van der Waals surface area (Å²) in [5, 5.41) is 0. The molecule has 1 N–H and O–H groups in total. The van der Waals surface area contributed by atoms with Gasteiger partial charge in [0.15, 0.2) is 0 Å². The van der Waals surface area contributed by atoms with Crippen molar-refractivity contribution in [1.29, 1.82) is 0 Å². The van der Waals surface area contributed by atoms with E-state index < -0.39 is 5.69 Å². The lowest BCUT2D eigenvalue weighted by molar-refractivity contribution is 0.340. The molecule has 0 fully saturated rings. The summed E-state index contributed by atoms with van der Waals surface area (Å²) in [6, 6.07) is 12.4. The first-order valence-corrected chi connectivity index (χ1v) is 8.57. The molecule has 2 aliphatic rings. The van der Waals surface area contributed by atoms with Crippen molar-refractivity contribution in [1.82, 2.24) is 14.1 Å². The maximum Gasteiger partial charge on any atom is 0.341 e. The Morgan fingerprint density at radius 3 is 2.56 bits per heavy atom. The molecule has 0 aliphatic carbocycles. The number of nitrogens with zero attached hydrogens (tertiary/aromatic N) is 2. The summed E-state index contributed by atoms with van der Waals surface area (Å²) in [6.45, 7) is 2.45. The Morgan fingerprint density at radius 2 is 1.84 bits per heavy atom. The summed E-state index contributed by atoms with van der Waals surface area (Å²) in [5.41, 5.74) is 1.43. The third kappa shape index (κ3) is 2.47. The number of ether oxygens (including phenoxy) is 1. The van der Waals surface area contributed by atoms with Gasteiger partial charge in [-0.3, -0.25) is 9.36 Å². The second-order valence-corrected chi connectivity index (χ2v) is 6.44. The van der Waals surface area contributed by atoms with E-state index in [1.807, 2.05) is 25.1 Å². The van der Waals surface area contributed by atoms with Gasteiger partial charge in [0.2, 0.25) is 0 Å². The number of aromatic amines is 1. The van der Waals surface area contributed by atoms with Gasteiger partial charge in [0.05, 0.1) is 23.3 Å². The minimum absolute atomic E-state index is 0.296. The highest BCUT2D eigenvalue weighted by Gasteiger charge is 2.20. The maximum atomic E-state index is 13.0. The minimum atomic E-state index is -0.402. The van der Waals surface area contributed by atoms with Gasteiger partial charge in [0, 0.05) is 10.7 Å². The Kier molecular flexibility index (Phi) is 3.73. The van der Waals surface area contributed by atoms with E-state index in [-0.39, 0.29) is 5.56 Å². The smallest absolute Gasteiger partial charge is 0.341 e. The number of nitrogens with one attached hydrogen (secondary N) is 1. The zero-order chi connectivity index (χ0) is 17.6. The third-order valence-corrected chi connectivity index (χ3v) is 4.51. The van der Waals surface area contributed by atoms with E-state index >= 15 is 0 Å². The molecule has 0 aromatic heterocycles. The molecule has 2 heterocycles. The van der Waals surface area contributed by atoms with Gasteiger partial charge in [-0.25, -0.2) is 9.36 Å². The zero-order valence-electron chi connectivity index (χ0n) is 13.3. The summed E-state index contributed by atoms with van der Waals surface area (Å²) in [7, 11) is 0. The molecular weight excluding hydrogens is 386 g/mol. The first-order valence-electron chi connectivity index (χ1n) is 7.78. The van der Waals surface area contributed by atoms with E-state index in [0.717, 1.165) is 9.99 Å². The Morgan fingerprint density at radius 1 is 1.08 bits per heavy atom. The largest absolute Gasteiger partial charge is 0.494 e. The maximum absolute atomic E-state index is 13.0. The van der Waals surface area contributed by atoms with Gasteiger partial charge in [-0.2, -0.15) is 0 Å². The Balaban J connectivity index is 2.00. The quantitative estimate of drug-likeness (QED) is 0.575. The molecule has 0 saturated carbocycles. The molecule has 2 aromatic carbocycles. The number of benzene rings is 2. The van der Waals surface area contributed by atoms with E-state index in [1.165, 1.54) is 9.13 Å². The van der Waals surface area contributed by atoms with Crippen molar-refractivity contribution in [2.75, 3.05) is 6.61 Å². The summed E-state index contributed by atoms with van der Waals surface area (Å²) in [4.78, 5) is 28.8. The van der Waals surface area contributed by atoms with Crippen LogP contribution in [-0.4, -0.2) is 20.7 Å². The monoisotopic (exact) mass is 399 g/mol. The van der Waals surface area contributed by atoms with E-state index in [0.29, 0.717) is 29.2 Å². The lowest BCUT2D eigenvalue weighted by atomic mass is 10.3. The van der Waals surface area contributed by atoms with Crippen LogP contribution in [0.1, 0.15) is 6.92 Å². The van der Waals surface area contributed by atoms with Crippen molar-refractivity contribution in [3.05, 3.63) is 74.0 Å². The van der Waals surface area contributed by atoms with Crippen molar-refractivity contribution in [3.63, 3.8) is 0 Å². The molecular formula is C18H14BrN3O3. The first-order chi connectivity index (χ1) is 12.1. The van der Waals surface area contributed by atoms with Gasteiger partial charge in [-0.05, 0) is 49.4 Å². The summed E-state index contributed by atoms with van der Waals surface area (Å²) < 4.78 is 8.83. The molecule has 0 radical (unpaired) electrons. The normalized spacial score (nSPS) is 11.3. The summed E-state index contributed by atoms with van der Waals surface area (Å²) >= 11 is 3.41. The van der Waals surface area contributed by atoms with Crippen molar-refractivity contribution in [2.24, 2.45) is 0 Å². The summed E-state index contributed by atoms with van der Waals surface area (Å²) in [6.07, 6.45) is 1.56. The number of hydrogen-bond acceptors (Lipinski definition) is 3. The number of aromatic nitrogens is 3. The third-order valence-electron chi connectivity index (χ3n) is 4.02. The van der Waals surface area contributed by atoms with Gasteiger partial charge in [0.25, 0.3) is 5.56 Å². The molecule has 126 valence electrons. The predicted octanol–water partition coefficient (Wildman–Crippen LogP) is 3.07. The molecule has 0 spiro atoms. The second-order valence-electron chi connectivity index (χ2n) is 5.52. The molecule has 25 heavy (non-hydrogen) atoms. The van der Waals surface area contributed by atoms with E-state index in [4.69, 9.17) is 4.74 Å². The lowest BCUT2D eigenvalue weighted by Gasteiger charge is -2.06. The highest BCUT2D eigenvalue weighted by Crippen LogP contribution is 2.21. The molecule has 2 aliphatic heterocycles. The molecule has 0 atom stereocenters. The molecule has 4 rings (SSSR count). The van der Waals surface area contributed by atoms with Crippen LogP contribution in [0.3, 0.4) is 0 Å². The zero-order valence-corrected chi connectivity index (χ0v) is 14.9. The summed E-state index contributed by atoms with van der Waals surface area (Å²) in [5.74, 6) is 0.693. The number of H-pyrrole nitrogens is 1. The second kappa shape index (κ2) is 5.93.